The van der Waals surface area contributed by atoms with Gasteiger partial charge in [0.25, 0.3) is 0 Å². The van der Waals surface area contributed by atoms with Crippen LogP contribution in [0.5, 0.6) is 0 Å². The van der Waals surface area contributed by atoms with E-state index in [0.29, 0.717) is 19.4 Å². The maximum absolute atomic E-state index is 14.4. The van der Waals surface area contributed by atoms with E-state index in [2.05, 4.69) is 37.1 Å². The molecule has 6 heteroatoms. The van der Waals surface area contributed by atoms with Gasteiger partial charge >= 0.3 is 0 Å². The molecule has 2 aromatic rings. The molecule has 180 valence electrons. The molecule has 1 aromatic heterocycles. The summed E-state index contributed by atoms with van der Waals surface area (Å²) >= 11 is 0. The van der Waals surface area contributed by atoms with Gasteiger partial charge in [-0.05, 0) is 67.6 Å². The lowest BCUT2D eigenvalue weighted by Crippen LogP contribution is -2.42. The summed E-state index contributed by atoms with van der Waals surface area (Å²) in [5.74, 6) is -0.660. The van der Waals surface area contributed by atoms with Crippen LogP contribution in [0.25, 0.3) is 0 Å². The van der Waals surface area contributed by atoms with E-state index in [1.165, 1.54) is 6.07 Å². The first-order valence-corrected chi connectivity index (χ1v) is 11.6. The highest BCUT2D eigenvalue weighted by Gasteiger charge is 2.29. The number of carbonyl (C=O) groups excluding carboxylic acids is 2. The minimum Gasteiger partial charge on any atom is -0.355 e. The third kappa shape index (κ3) is 7.74. The first-order valence-electron chi connectivity index (χ1n) is 11.6. The summed E-state index contributed by atoms with van der Waals surface area (Å²) in [5, 5.41) is 3.08. The minimum absolute atomic E-state index is 0.00481. The summed E-state index contributed by atoms with van der Waals surface area (Å²) < 4.78 is 14.4. The second-order valence-corrected chi connectivity index (χ2v) is 10.1. The summed E-state index contributed by atoms with van der Waals surface area (Å²) in [6.45, 7) is 10.6. The molecule has 2 rings (SSSR count). The molecule has 0 aliphatic heterocycles. The van der Waals surface area contributed by atoms with Gasteiger partial charge in [0.2, 0.25) is 5.91 Å². The van der Waals surface area contributed by atoms with Gasteiger partial charge in [0.1, 0.15) is 5.82 Å². The van der Waals surface area contributed by atoms with Crippen molar-refractivity contribution in [2.24, 2.45) is 5.41 Å². The molecule has 0 radical (unpaired) electrons. The van der Waals surface area contributed by atoms with Gasteiger partial charge in [-0.1, -0.05) is 39.8 Å². The molecule has 1 amide bonds. The van der Waals surface area contributed by atoms with Crippen LogP contribution in [0.15, 0.2) is 36.7 Å². The number of pyridine rings is 1. The van der Waals surface area contributed by atoms with Crippen LogP contribution in [0.2, 0.25) is 0 Å². The first-order chi connectivity index (χ1) is 15.4. The highest BCUT2D eigenvalue weighted by atomic mass is 19.1. The summed E-state index contributed by atoms with van der Waals surface area (Å²) in [6.07, 6.45) is 4.88. The van der Waals surface area contributed by atoms with Crippen LogP contribution in [0.4, 0.5) is 4.39 Å². The minimum atomic E-state index is -0.485. The maximum atomic E-state index is 14.4. The topological polar surface area (TPSA) is 62.3 Å². The van der Waals surface area contributed by atoms with Gasteiger partial charge in [0.15, 0.2) is 5.78 Å². The predicted molar refractivity (Wildman–Crippen MR) is 131 cm³/mol. The van der Waals surface area contributed by atoms with Crippen molar-refractivity contribution in [3.63, 3.8) is 0 Å². The van der Waals surface area contributed by atoms with E-state index in [1.807, 2.05) is 38.3 Å². The zero-order chi connectivity index (χ0) is 24.8. The Bertz CT molecular complexity index is 966. The molecular formula is C27H38FN3O2. The average Bonchev–Trinajstić information content (AvgIpc) is 2.73. The number of aryl methyl sites for hydroxylation is 1. The van der Waals surface area contributed by atoms with Gasteiger partial charge in [-0.15, -0.1) is 0 Å². The Morgan fingerprint density at radius 2 is 1.85 bits per heavy atom. The smallest absolute Gasteiger partial charge is 0.220 e. The number of hydrogen-bond acceptors (Lipinski definition) is 4. The highest BCUT2D eigenvalue weighted by molar-refractivity contribution is 5.96. The summed E-state index contributed by atoms with van der Waals surface area (Å²) in [6, 6.07) is 6.88. The van der Waals surface area contributed by atoms with Crippen LogP contribution in [0, 0.1) is 18.2 Å². The third-order valence-electron chi connectivity index (χ3n) is 6.12. The zero-order valence-electron chi connectivity index (χ0n) is 21.0. The average molecular weight is 456 g/mol. The van der Waals surface area contributed by atoms with Crippen LogP contribution in [0.3, 0.4) is 0 Å². The number of halogens is 1. The molecule has 1 heterocycles. The molecule has 0 saturated heterocycles. The molecule has 2 atom stereocenters. The first kappa shape index (κ1) is 26.7. The number of rotatable bonds is 10. The predicted octanol–water partition coefficient (Wildman–Crippen LogP) is 4.93. The molecule has 0 bridgehead atoms. The van der Waals surface area contributed by atoms with E-state index in [9.17, 15) is 14.0 Å². The van der Waals surface area contributed by atoms with Crippen molar-refractivity contribution in [2.45, 2.75) is 65.8 Å². The Balaban J connectivity index is 2.06. The SMILES string of the molecule is CCC(=O)c1ccc(C[C@@H](CNC(=O)C[C@H](c2cncc(C)c2)C(C)(C)C)N(C)C)cc1F. The van der Waals surface area contributed by atoms with Crippen LogP contribution in [-0.2, 0) is 11.2 Å². The molecule has 0 unspecified atom stereocenters. The molecule has 5 nitrogen and oxygen atoms in total. The number of amides is 1. The number of aromatic nitrogens is 1. The number of Topliss-reactive ketones (excluding diaryl/α,β-unsaturated/α-hetero) is 1. The van der Waals surface area contributed by atoms with Crippen molar-refractivity contribution in [3.8, 4) is 0 Å². The second kappa shape index (κ2) is 11.5. The van der Waals surface area contributed by atoms with E-state index in [1.54, 1.807) is 19.1 Å². The Morgan fingerprint density at radius 1 is 1.15 bits per heavy atom. The van der Waals surface area contributed by atoms with Crippen LogP contribution in [-0.4, -0.2) is 48.3 Å². The molecule has 33 heavy (non-hydrogen) atoms. The lowest BCUT2D eigenvalue weighted by molar-refractivity contribution is -0.122. The number of nitrogens with zero attached hydrogens (tertiary/aromatic N) is 2. The van der Waals surface area contributed by atoms with Crippen molar-refractivity contribution in [2.75, 3.05) is 20.6 Å². The van der Waals surface area contributed by atoms with E-state index < -0.39 is 5.82 Å². The van der Waals surface area contributed by atoms with E-state index >= 15 is 0 Å². The molecule has 0 saturated carbocycles. The van der Waals surface area contributed by atoms with Crippen molar-refractivity contribution < 1.29 is 14.0 Å². The number of hydrogen-bond donors (Lipinski definition) is 1. The third-order valence-corrected chi connectivity index (χ3v) is 6.12. The standard InChI is InChI=1S/C27H38FN3O2/c1-8-25(32)22-10-9-19(13-24(22)28)12-21(31(6)7)17-30-26(33)14-23(27(3,4)5)20-11-18(2)15-29-16-20/h9-11,13,15-16,21,23H,8,12,14,17H2,1-7H3,(H,30,33)/t21-,23+/m0/s1. The van der Waals surface area contributed by atoms with Crippen molar-refractivity contribution >= 4 is 11.7 Å². The Hall–Kier alpha value is -2.60. The number of nitrogens with one attached hydrogen (secondary N) is 1. The van der Waals surface area contributed by atoms with Gasteiger partial charge in [0, 0.05) is 37.8 Å². The van der Waals surface area contributed by atoms with Crippen molar-refractivity contribution in [3.05, 3.63) is 64.7 Å². The number of benzene rings is 1. The van der Waals surface area contributed by atoms with E-state index in [4.69, 9.17) is 0 Å². The molecular weight excluding hydrogens is 417 g/mol. The number of likely N-dealkylation sites (N-methyl/N-ethyl adjacent to an activating group) is 1. The lowest BCUT2D eigenvalue weighted by Gasteiger charge is -2.31. The number of carbonyl (C=O) groups is 2. The van der Waals surface area contributed by atoms with E-state index in [0.717, 1.165) is 16.7 Å². The Kier molecular flexibility index (Phi) is 9.29. The van der Waals surface area contributed by atoms with Gasteiger partial charge in [-0.3, -0.25) is 14.6 Å². The normalized spacial score (nSPS) is 13.6. The van der Waals surface area contributed by atoms with Crippen LogP contribution < -0.4 is 5.32 Å². The fourth-order valence-electron chi connectivity index (χ4n) is 3.99. The fourth-order valence-corrected chi connectivity index (χ4v) is 3.99. The molecule has 1 aromatic carbocycles. The van der Waals surface area contributed by atoms with Gasteiger partial charge in [0.05, 0.1) is 5.56 Å². The largest absolute Gasteiger partial charge is 0.355 e. The second-order valence-electron chi connectivity index (χ2n) is 10.1. The lowest BCUT2D eigenvalue weighted by atomic mass is 9.74. The highest BCUT2D eigenvalue weighted by Crippen LogP contribution is 2.37. The molecule has 0 spiro atoms. The van der Waals surface area contributed by atoms with Gasteiger partial charge in [-0.25, -0.2) is 4.39 Å². The molecule has 1 N–H and O–H groups in total. The Morgan fingerprint density at radius 3 is 2.39 bits per heavy atom. The summed E-state index contributed by atoms with van der Waals surface area (Å²) in [5.41, 5.74) is 2.98. The maximum Gasteiger partial charge on any atom is 0.220 e. The summed E-state index contributed by atoms with van der Waals surface area (Å²) in [7, 11) is 3.89. The molecule has 0 fully saturated rings. The van der Waals surface area contributed by atoms with Gasteiger partial charge in [-0.2, -0.15) is 0 Å². The monoisotopic (exact) mass is 455 g/mol. The van der Waals surface area contributed by atoms with Crippen molar-refractivity contribution in [1.29, 1.82) is 0 Å². The Labute approximate surface area is 197 Å². The summed E-state index contributed by atoms with van der Waals surface area (Å²) in [4.78, 5) is 31.1. The quantitative estimate of drug-likeness (QED) is 0.516. The molecule has 0 aliphatic rings. The number of ketones is 1. The fraction of sp³-hybridized carbons (Fsp3) is 0.519. The molecule has 0 aliphatic carbocycles. The van der Waals surface area contributed by atoms with Crippen LogP contribution >= 0.6 is 0 Å². The van der Waals surface area contributed by atoms with Gasteiger partial charge < -0.3 is 10.2 Å². The zero-order valence-corrected chi connectivity index (χ0v) is 21.0. The van der Waals surface area contributed by atoms with Crippen molar-refractivity contribution in [1.82, 2.24) is 15.2 Å². The van der Waals surface area contributed by atoms with E-state index in [-0.39, 0.29) is 41.0 Å². The van der Waals surface area contributed by atoms with Crippen LogP contribution in [0.1, 0.15) is 73.5 Å².